The summed E-state index contributed by atoms with van der Waals surface area (Å²) in [5.41, 5.74) is 5.65. The van der Waals surface area contributed by atoms with Gasteiger partial charge in [0.2, 0.25) is 0 Å². The number of para-hydroxylation sites is 1. The number of nitrogens with one attached hydrogen (secondary N) is 1. The maximum Gasteiger partial charge on any atom is 0.0432 e. The summed E-state index contributed by atoms with van der Waals surface area (Å²) in [6, 6.07) is 18.3. The molecule has 2 aromatic rings. The highest BCUT2D eigenvalue weighted by Gasteiger charge is 2.25. The van der Waals surface area contributed by atoms with E-state index < -0.39 is 0 Å². The summed E-state index contributed by atoms with van der Waals surface area (Å²) in [6.45, 7) is 7.44. The molecule has 0 saturated carbocycles. The second kappa shape index (κ2) is 6.31. The highest BCUT2D eigenvalue weighted by atomic mass is 15.2. The Kier molecular flexibility index (Phi) is 4.26. The minimum absolute atomic E-state index is 0.583. The second-order valence-corrected chi connectivity index (χ2v) is 5.91. The van der Waals surface area contributed by atoms with Gasteiger partial charge in [-0.25, -0.2) is 0 Å². The van der Waals surface area contributed by atoms with E-state index in [1.165, 1.54) is 22.4 Å². The first kappa shape index (κ1) is 14.2. The summed E-state index contributed by atoms with van der Waals surface area (Å²) in [6.07, 6.45) is 1.16. The molecule has 0 saturated heterocycles. The number of hydrogen-bond acceptors (Lipinski definition) is 2. The predicted octanol–water partition coefficient (Wildman–Crippen LogP) is 3.75. The van der Waals surface area contributed by atoms with Crippen LogP contribution in [0.25, 0.3) is 0 Å². The molecule has 21 heavy (non-hydrogen) atoms. The van der Waals surface area contributed by atoms with Gasteiger partial charge in [0.15, 0.2) is 0 Å². The van der Waals surface area contributed by atoms with E-state index in [2.05, 4.69) is 72.6 Å². The largest absolute Gasteiger partial charge is 0.364 e. The number of anilines is 1. The zero-order valence-corrected chi connectivity index (χ0v) is 13.0. The Bertz CT molecular complexity index is 606. The van der Waals surface area contributed by atoms with Crippen molar-refractivity contribution in [2.24, 2.45) is 0 Å². The van der Waals surface area contributed by atoms with Crippen molar-refractivity contribution in [2.75, 3.05) is 11.4 Å². The minimum atomic E-state index is 0.583. The molecular formula is C19H24N2. The molecule has 0 radical (unpaired) electrons. The standard InChI is InChI=1S/C19H24N2/c1-3-20-13-16-7-6-8-17(12-16)14-21-15(2)11-18-9-4-5-10-19(18)21/h4-10,12,15,20H,3,11,13-14H2,1-2H3. The lowest BCUT2D eigenvalue weighted by Gasteiger charge is -2.25. The van der Waals surface area contributed by atoms with Crippen molar-refractivity contribution in [3.8, 4) is 0 Å². The molecule has 0 amide bonds. The maximum atomic E-state index is 3.40. The molecule has 1 heterocycles. The molecule has 0 fully saturated rings. The van der Waals surface area contributed by atoms with Crippen LogP contribution < -0.4 is 10.2 Å². The number of nitrogens with zero attached hydrogens (tertiary/aromatic N) is 1. The van der Waals surface area contributed by atoms with E-state index in [1.54, 1.807) is 0 Å². The fourth-order valence-electron chi connectivity index (χ4n) is 3.17. The molecule has 2 nitrogen and oxygen atoms in total. The van der Waals surface area contributed by atoms with E-state index in [0.717, 1.165) is 26.1 Å². The molecule has 0 aromatic heterocycles. The van der Waals surface area contributed by atoms with Crippen molar-refractivity contribution in [3.05, 3.63) is 65.2 Å². The molecule has 1 unspecified atom stereocenters. The lowest BCUT2D eigenvalue weighted by atomic mass is 10.1. The van der Waals surface area contributed by atoms with Crippen LogP contribution in [0.5, 0.6) is 0 Å². The van der Waals surface area contributed by atoms with Gasteiger partial charge < -0.3 is 10.2 Å². The Morgan fingerprint density at radius 1 is 1.10 bits per heavy atom. The van der Waals surface area contributed by atoms with Crippen LogP contribution in [0.1, 0.15) is 30.5 Å². The van der Waals surface area contributed by atoms with Gasteiger partial charge in [-0.3, -0.25) is 0 Å². The van der Waals surface area contributed by atoms with Crippen molar-refractivity contribution >= 4 is 5.69 Å². The fourth-order valence-corrected chi connectivity index (χ4v) is 3.17. The maximum absolute atomic E-state index is 3.40. The summed E-state index contributed by atoms with van der Waals surface area (Å²) in [7, 11) is 0. The van der Waals surface area contributed by atoms with Gasteiger partial charge >= 0.3 is 0 Å². The van der Waals surface area contributed by atoms with E-state index in [1.807, 2.05) is 0 Å². The first-order chi connectivity index (χ1) is 10.3. The van der Waals surface area contributed by atoms with Crippen molar-refractivity contribution in [2.45, 2.75) is 39.4 Å². The molecule has 0 aliphatic carbocycles. The Labute approximate surface area is 127 Å². The van der Waals surface area contributed by atoms with Gasteiger partial charge in [-0.05, 0) is 42.6 Å². The van der Waals surface area contributed by atoms with Crippen LogP contribution >= 0.6 is 0 Å². The molecule has 1 aliphatic rings. The Morgan fingerprint density at radius 3 is 2.76 bits per heavy atom. The first-order valence-electron chi connectivity index (χ1n) is 7.91. The summed E-state index contributed by atoms with van der Waals surface area (Å²) in [4.78, 5) is 2.53. The topological polar surface area (TPSA) is 15.3 Å². The highest BCUT2D eigenvalue weighted by Crippen LogP contribution is 2.33. The van der Waals surface area contributed by atoms with Gasteiger partial charge in [-0.1, -0.05) is 49.4 Å². The summed E-state index contributed by atoms with van der Waals surface area (Å²) >= 11 is 0. The van der Waals surface area contributed by atoms with Crippen LogP contribution in [0.4, 0.5) is 5.69 Å². The quantitative estimate of drug-likeness (QED) is 0.897. The van der Waals surface area contributed by atoms with E-state index in [9.17, 15) is 0 Å². The molecule has 1 atom stereocenters. The minimum Gasteiger partial charge on any atom is -0.364 e. The third kappa shape index (κ3) is 3.11. The van der Waals surface area contributed by atoms with E-state index in [0.29, 0.717) is 6.04 Å². The average Bonchev–Trinajstić information content (AvgIpc) is 2.82. The molecule has 0 bridgehead atoms. The smallest absolute Gasteiger partial charge is 0.0432 e. The Hall–Kier alpha value is -1.80. The number of benzene rings is 2. The van der Waals surface area contributed by atoms with Gasteiger partial charge in [0.05, 0.1) is 0 Å². The van der Waals surface area contributed by atoms with Gasteiger partial charge in [0.25, 0.3) is 0 Å². The first-order valence-corrected chi connectivity index (χ1v) is 7.91. The van der Waals surface area contributed by atoms with Crippen LogP contribution in [0.3, 0.4) is 0 Å². The van der Waals surface area contributed by atoms with Crippen LogP contribution in [-0.2, 0) is 19.5 Å². The Balaban J connectivity index is 1.77. The lowest BCUT2D eigenvalue weighted by molar-refractivity contribution is 0.671. The zero-order valence-electron chi connectivity index (χ0n) is 13.0. The van der Waals surface area contributed by atoms with Crippen molar-refractivity contribution in [1.29, 1.82) is 0 Å². The van der Waals surface area contributed by atoms with Crippen LogP contribution in [0.2, 0.25) is 0 Å². The van der Waals surface area contributed by atoms with E-state index in [-0.39, 0.29) is 0 Å². The third-order valence-corrected chi connectivity index (χ3v) is 4.27. The van der Waals surface area contributed by atoms with Gasteiger partial charge in [0, 0.05) is 24.8 Å². The fraction of sp³-hybridized carbons (Fsp3) is 0.368. The molecule has 2 aromatic carbocycles. The van der Waals surface area contributed by atoms with Crippen LogP contribution in [-0.4, -0.2) is 12.6 Å². The zero-order chi connectivity index (χ0) is 14.7. The number of fused-ring (bicyclic) bond motifs is 1. The second-order valence-electron chi connectivity index (χ2n) is 5.91. The van der Waals surface area contributed by atoms with Crippen molar-refractivity contribution in [3.63, 3.8) is 0 Å². The number of hydrogen-bond donors (Lipinski definition) is 1. The van der Waals surface area contributed by atoms with E-state index >= 15 is 0 Å². The van der Waals surface area contributed by atoms with Crippen LogP contribution in [0, 0.1) is 0 Å². The summed E-state index contributed by atoms with van der Waals surface area (Å²) in [5, 5.41) is 3.40. The molecule has 2 heteroatoms. The third-order valence-electron chi connectivity index (χ3n) is 4.27. The number of rotatable bonds is 5. The summed E-state index contributed by atoms with van der Waals surface area (Å²) < 4.78 is 0. The highest BCUT2D eigenvalue weighted by molar-refractivity contribution is 5.59. The normalized spacial score (nSPS) is 17.0. The molecule has 110 valence electrons. The van der Waals surface area contributed by atoms with Gasteiger partial charge in [0.1, 0.15) is 0 Å². The van der Waals surface area contributed by atoms with Crippen molar-refractivity contribution < 1.29 is 0 Å². The van der Waals surface area contributed by atoms with Gasteiger partial charge in [-0.2, -0.15) is 0 Å². The predicted molar refractivity (Wildman–Crippen MR) is 89.6 cm³/mol. The average molecular weight is 280 g/mol. The molecule has 0 spiro atoms. The lowest BCUT2D eigenvalue weighted by Crippen LogP contribution is -2.28. The Morgan fingerprint density at radius 2 is 1.90 bits per heavy atom. The molecule has 1 N–H and O–H groups in total. The molecule has 1 aliphatic heterocycles. The molecular weight excluding hydrogens is 256 g/mol. The summed E-state index contributed by atoms with van der Waals surface area (Å²) in [5.74, 6) is 0. The SMILES string of the molecule is CCNCc1cccc(CN2c3ccccc3CC2C)c1. The van der Waals surface area contributed by atoms with Crippen LogP contribution in [0.15, 0.2) is 48.5 Å². The van der Waals surface area contributed by atoms with Crippen molar-refractivity contribution in [1.82, 2.24) is 5.32 Å². The van der Waals surface area contributed by atoms with Gasteiger partial charge in [-0.15, -0.1) is 0 Å². The monoisotopic (exact) mass is 280 g/mol. The molecule has 3 rings (SSSR count). The van der Waals surface area contributed by atoms with E-state index in [4.69, 9.17) is 0 Å².